The maximum absolute atomic E-state index is 14.0. The molecule has 0 aromatic heterocycles. The Labute approximate surface area is 204 Å². The molecule has 1 N–H and O–H groups in total. The fourth-order valence-corrected chi connectivity index (χ4v) is 5.80. The summed E-state index contributed by atoms with van der Waals surface area (Å²) in [5.74, 6) is -1.78. The largest absolute Gasteiger partial charge is 0.486 e. The first-order valence-corrected chi connectivity index (χ1v) is 12.2. The molecule has 0 aliphatic carbocycles. The number of esters is 1. The normalized spacial score (nSPS) is 27.2. The van der Waals surface area contributed by atoms with E-state index in [1.165, 1.54) is 4.90 Å². The molecule has 4 atom stereocenters. The van der Waals surface area contributed by atoms with Gasteiger partial charge in [0.15, 0.2) is 11.5 Å². The van der Waals surface area contributed by atoms with Gasteiger partial charge in [0.1, 0.15) is 18.8 Å². The van der Waals surface area contributed by atoms with Crippen LogP contribution >= 0.6 is 0 Å². The van der Waals surface area contributed by atoms with Crippen LogP contribution in [0.3, 0.4) is 0 Å². The molecule has 0 bridgehead atoms. The van der Waals surface area contributed by atoms with Crippen LogP contribution in [0, 0.1) is 18.8 Å². The number of imide groups is 1. The second kappa shape index (κ2) is 9.00. The number of amides is 2. The van der Waals surface area contributed by atoms with Crippen molar-refractivity contribution in [3.63, 3.8) is 0 Å². The monoisotopic (exact) mass is 478 g/mol. The van der Waals surface area contributed by atoms with Crippen LogP contribution in [0.25, 0.3) is 0 Å². The van der Waals surface area contributed by atoms with Crippen molar-refractivity contribution in [2.75, 3.05) is 24.7 Å². The molecule has 3 aliphatic rings. The molecule has 2 fully saturated rings. The number of hydrogen-bond acceptors (Lipinski definition) is 7. The molecule has 8 heteroatoms. The van der Waals surface area contributed by atoms with Gasteiger partial charge in [0.25, 0.3) is 0 Å². The third kappa shape index (κ3) is 3.58. The average molecular weight is 479 g/mol. The van der Waals surface area contributed by atoms with Crippen molar-refractivity contribution in [2.45, 2.75) is 45.2 Å². The first kappa shape index (κ1) is 23.4. The zero-order valence-electron chi connectivity index (χ0n) is 20.2. The Balaban J connectivity index is 1.63. The predicted octanol–water partition coefficient (Wildman–Crippen LogP) is 3.32. The van der Waals surface area contributed by atoms with Crippen LogP contribution in [0.1, 0.15) is 43.9 Å². The zero-order chi connectivity index (χ0) is 24.7. The minimum Gasteiger partial charge on any atom is -0.486 e. The lowest BCUT2D eigenvalue weighted by Gasteiger charge is -2.33. The molecule has 2 aromatic carbocycles. The fourth-order valence-electron chi connectivity index (χ4n) is 5.80. The fraction of sp³-hybridized carbons (Fsp3) is 0.444. The van der Waals surface area contributed by atoms with Crippen LogP contribution in [-0.4, -0.2) is 43.1 Å². The van der Waals surface area contributed by atoms with E-state index in [0.29, 0.717) is 43.2 Å². The van der Waals surface area contributed by atoms with Crippen molar-refractivity contribution in [2.24, 2.45) is 11.8 Å². The van der Waals surface area contributed by atoms with Crippen molar-refractivity contribution in [3.8, 4) is 11.5 Å². The van der Waals surface area contributed by atoms with Gasteiger partial charge in [-0.05, 0) is 43.5 Å². The summed E-state index contributed by atoms with van der Waals surface area (Å²) >= 11 is 0. The van der Waals surface area contributed by atoms with Gasteiger partial charge in [-0.3, -0.25) is 19.7 Å². The maximum Gasteiger partial charge on any atom is 0.327 e. The molecule has 0 unspecified atom stereocenters. The average Bonchev–Trinajstić information content (AvgIpc) is 3.33. The Morgan fingerprint density at radius 3 is 2.54 bits per heavy atom. The number of fused-ring (bicyclic) bond motifs is 2. The lowest BCUT2D eigenvalue weighted by atomic mass is 9.76. The molecule has 35 heavy (non-hydrogen) atoms. The number of nitrogens with zero attached hydrogens (tertiary/aromatic N) is 1. The second-order valence-corrected chi connectivity index (χ2v) is 9.26. The van der Waals surface area contributed by atoms with E-state index in [9.17, 15) is 14.4 Å². The lowest BCUT2D eigenvalue weighted by molar-refractivity contribution is -0.155. The van der Waals surface area contributed by atoms with E-state index in [4.69, 9.17) is 14.2 Å². The van der Waals surface area contributed by atoms with Crippen LogP contribution in [0.4, 0.5) is 5.69 Å². The van der Waals surface area contributed by atoms with Gasteiger partial charge in [0.2, 0.25) is 11.8 Å². The van der Waals surface area contributed by atoms with Gasteiger partial charge >= 0.3 is 5.97 Å². The molecular formula is C27H30N2O6. The number of carbonyl (C=O) groups is 3. The van der Waals surface area contributed by atoms with Gasteiger partial charge < -0.3 is 14.2 Å². The van der Waals surface area contributed by atoms with E-state index >= 15 is 0 Å². The highest BCUT2D eigenvalue weighted by atomic mass is 16.6. The van der Waals surface area contributed by atoms with Crippen molar-refractivity contribution in [3.05, 3.63) is 53.6 Å². The summed E-state index contributed by atoms with van der Waals surface area (Å²) in [6.45, 7) is 6.69. The minimum atomic E-state index is -1.29. The summed E-state index contributed by atoms with van der Waals surface area (Å²) in [5.41, 5.74) is 1.00. The maximum atomic E-state index is 14.0. The van der Waals surface area contributed by atoms with Crippen molar-refractivity contribution < 1.29 is 28.6 Å². The van der Waals surface area contributed by atoms with Crippen LogP contribution in [0.2, 0.25) is 0 Å². The molecular weight excluding hydrogens is 448 g/mol. The zero-order valence-corrected chi connectivity index (χ0v) is 20.2. The van der Waals surface area contributed by atoms with E-state index < -0.39 is 35.3 Å². The van der Waals surface area contributed by atoms with Gasteiger partial charge in [0.05, 0.1) is 24.1 Å². The number of hydrogen-bond donors (Lipinski definition) is 1. The molecule has 0 spiro atoms. The number of ether oxygens (including phenoxy) is 3. The second-order valence-electron chi connectivity index (χ2n) is 9.26. The number of rotatable bonds is 6. The van der Waals surface area contributed by atoms with Crippen molar-refractivity contribution in [1.82, 2.24) is 5.32 Å². The predicted molar refractivity (Wildman–Crippen MR) is 128 cm³/mol. The van der Waals surface area contributed by atoms with E-state index in [1.807, 2.05) is 38.1 Å². The molecule has 0 radical (unpaired) electrons. The molecule has 3 heterocycles. The Hall–Kier alpha value is -3.39. The highest BCUT2D eigenvalue weighted by molar-refractivity contribution is 6.24. The summed E-state index contributed by atoms with van der Waals surface area (Å²) in [4.78, 5) is 42.6. The summed E-state index contributed by atoms with van der Waals surface area (Å²) in [6, 6.07) is 12.3. The molecule has 8 nitrogen and oxygen atoms in total. The first-order valence-electron chi connectivity index (χ1n) is 12.2. The number of aryl methyl sites for hydroxylation is 1. The third-order valence-corrected chi connectivity index (χ3v) is 7.25. The Morgan fingerprint density at radius 2 is 1.83 bits per heavy atom. The highest BCUT2D eigenvalue weighted by Crippen LogP contribution is 2.52. The Kier molecular flexibility index (Phi) is 6.01. The van der Waals surface area contributed by atoms with Crippen molar-refractivity contribution in [1.29, 1.82) is 0 Å². The Bertz CT molecular complexity index is 1180. The van der Waals surface area contributed by atoms with Gasteiger partial charge in [-0.1, -0.05) is 37.6 Å². The van der Waals surface area contributed by atoms with Gasteiger partial charge in [-0.25, -0.2) is 4.90 Å². The number of benzene rings is 2. The summed E-state index contributed by atoms with van der Waals surface area (Å²) < 4.78 is 16.8. The van der Waals surface area contributed by atoms with Crippen LogP contribution < -0.4 is 19.7 Å². The van der Waals surface area contributed by atoms with Gasteiger partial charge in [-0.2, -0.15) is 0 Å². The Morgan fingerprint density at radius 1 is 1.09 bits per heavy atom. The van der Waals surface area contributed by atoms with Crippen LogP contribution in [0.5, 0.6) is 11.5 Å². The van der Waals surface area contributed by atoms with Crippen LogP contribution in [-0.2, 0) is 19.1 Å². The minimum absolute atomic E-state index is 0.187. The molecule has 2 amide bonds. The highest BCUT2D eigenvalue weighted by Gasteiger charge is 2.68. The quantitative estimate of drug-likeness (QED) is 0.503. The molecule has 184 valence electrons. The lowest BCUT2D eigenvalue weighted by Crippen LogP contribution is -2.56. The van der Waals surface area contributed by atoms with E-state index in [2.05, 4.69) is 5.32 Å². The van der Waals surface area contributed by atoms with Crippen LogP contribution in [0.15, 0.2) is 42.5 Å². The first-order chi connectivity index (χ1) is 16.9. The van der Waals surface area contributed by atoms with Crippen molar-refractivity contribution >= 4 is 23.5 Å². The number of carbonyl (C=O) groups excluding carboxylic acids is 3. The molecule has 2 saturated heterocycles. The van der Waals surface area contributed by atoms with E-state index in [-0.39, 0.29) is 12.5 Å². The summed E-state index contributed by atoms with van der Waals surface area (Å²) in [6.07, 6.45) is 1.02. The summed E-state index contributed by atoms with van der Waals surface area (Å²) in [5, 5.41) is 3.44. The van der Waals surface area contributed by atoms with Gasteiger partial charge in [0, 0.05) is 12.1 Å². The number of nitrogens with one attached hydrogen (secondary N) is 1. The SMILES string of the molecule is CCC[C@@]1(C(=O)OCC)N[C@@H](c2ccccc2C)[C@H]2C(=O)N(c3ccc4c(c3)OCCO4)C(=O)[C@@H]21. The third-order valence-electron chi connectivity index (χ3n) is 7.25. The molecule has 3 aliphatic heterocycles. The standard InChI is InChI=1S/C27H30N2O6/c1-4-12-27(26(32)33-5-2)22-21(23(28-27)18-9-7-6-8-16(18)3)24(30)29(25(22)31)17-10-11-19-20(15-17)35-14-13-34-19/h6-11,15,21-23,28H,4-5,12-14H2,1-3H3/t21-,22+,23-,27+/m0/s1. The molecule has 2 aromatic rings. The van der Waals surface area contributed by atoms with E-state index in [1.54, 1.807) is 25.1 Å². The topological polar surface area (TPSA) is 94.2 Å². The van der Waals surface area contributed by atoms with E-state index in [0.717, 1.165) is 11.1 Å². The summed E-state index contributed by atoms with van der Waals surface area (Å²) in [7, 11) is 0. The smallest absolute Gasteiger partial charge is 0.327 e. The van der Waals surface area contributed by atoms with Gasteiger partial charge in [-0.15, -0.1) is 0 Å². The molecule has 5 rings (SSSR count). The molecule has 0 saturated carbocycles. The number of anilines is 1.